The van der Waals surface area contributed by atoms with Crippen LogP contribution in [-0.2, 0) is 6.54 Å². The molecule has 2 unspecified atom stereocenters. The van der Waals surface area contributed by atoms with E-state index in [4.69, 9.17) is 0 Å². The van der Waals surface area contributed by atoms with E-state index in [1.54, 1.807) is 0 Å². The third kappa shape index (κ3) is 2.43. The third-order valence-electron chi connectivity index (χ3n) is 4.08. The summed E-state index contributed by atoms with van der Waals surface area (Å²) >= 11 is 0. The van der Waals surface area contributed by atoms with Gasteiger partial charge in [0.2, 0.25) is 0 Å². The van der Waals surface area contributed by atoms with Gasteiger partial charge in [0.05, 0.1) is 23.9 Å². The second-order valence-corrected chi connectivity index (χ2v) is 5.55. The van der Waals surface area contributed by atoms with Crippen LogP contribution in [0.3, 0.4) is 0 Å². The summed E-state index contributed by atoms with van der Waals surface area (Å²) in [5, 5.41) is 23.6. The van der Waals surface area contributed by atoms with Crippen molar-refractivity contribution in [3.8, 4) is 0 Å². The Morgan fingerprint density at radius 1 is 1.17 bits per heavy atom. The first-order chi connectivity index (χ1) is 8.72. The number of aliphatic hydroxyl groups excluding tert-OH is 2. The molecule has 0 radical (unpaired) electrons. The summed E-state index contributed by atoms with van der Waals surface area (Å²) in [6.07, 6.45) is 5.94. The summed E-state index contributed by atoms with van der Waals surface area (Å²) < 4.78 is 2.09. The molecule has 2 heterocycles. The molecule has 0 spiro atoms. The molecule has 100 valence electrons. The van der Waals surface area contributed by atoms with E-state index in [-0.39, 0.29) is 0 Å². The highest BCUT2D eigenvalue weighted by Gasteiger charge is 2.29. The number of hydrogen-bond acceptors (Lipinski definition) is 4. The largest absolute Gasteiger partial charge is 0.389 e. The predicted molar refractivity (Wildman–Crippen MR) is 67.0 cm³/mol. The zero-order valence-corrected chi connectivity index (χ0v) is 10.6. The van der Waals surface area contributed by atoms with Gasteiger partial charge in [-0.1, -0.05) is 12.8 Å². The lowest BCUT2D eigenvalue weighted by atomic mass is 10.3. The van der Waals surface area contributed by atoms with Gasteiger partial charge in [-0.3, -0.25) is 9.58 Å². The number of rotatable bonds is 3. The zero-order valence-electron chi connectivity index (χ0n) is 10.6. The molecular formula is C13H21N3O2. The summed E-state index contributed by atoms with van der Waals surface area (Å²) in [5.74, 6) is 0. The van der Waals surface area contributed by atoms with Crippen molar-refractivity contribution >= 4 is 0 Å². The van der Waals surface area contributed by atoms with Crippen molar-refractivity contribution in [2.24, 2.45) is 0 Å². The minimum atomic E-state index is -0.609. The van der Waals surface area contributed by atoms with Crippen LogP contribution in [0.1, 0.15) is 37.4 Å². The van der Waals surface area contributed by atoms with Gasteiger partial charge in [0.1, 0.15) is 0 Å². The number of β-amino-alcohol motifs (C(OH)–C–C–N with tert-alkyl or cyclic N) is 2. The van der Waals surface area contributed by atoms with Crippen molar-refractivity contribution in [1.29, 1.82) is 0 Å². The van der Waals surface area contributed by atoms with Gasteiger partial charge in [0, 0.05) is 25.8 Å². The van der Waals surface area contributed by atoms with Gasteiger partial charge >= 0.3 is 0 Å². The average Bonchev–Trinajstić information content (AvgIpc) is 3.02. The molecule has 2 fully saturated rings. The molecule has 1 aliphatic carbocycles. The molecule has 3 rings (SSSR count). The van der Waals surface area contributed by atoms with Gasteiger partial charge in [-0.05, 0) is 18.9 Å². The first-order valence-corrected chi connectivity index (χ1v) is 6.85. The smallest absolute Gasteiger partial charge is 0.0938 e. The summed E-state index contributed by atoms with van der Waals surface area (Å²) in [5.41, 5.74) is 1.03. The monoisotopic (exact) mass is 251 g/mol. The second-order valence-electron chi connectivity index (χ2n) is 5.55. The molecule has 1 aromatic heterocycles. The van der Waals surface area contributed by atoms with Crippen LogP contribution in [0, 0.1) is 0 Å². The maximum Gasteiger partial charge on any atom is 0.0938 e. The molecule has 1 aliphatic heterocycles. The Bertz CT molecular complexity index is 391. The molecule has 0 amide bonds. The maximum absolute atomic E-state index is 9.51. The molecule has 5 nitrogen and oxygen atoms in total. The number of hydrogen-bond donors (Lipinski definition) is 2. The Morgan fingerprint density at radius 2 is 1.83 bits per heavy atom. The van der Waals surface area contributed by atoms with Crippen LogP contribution >= 0.6 is 0 Å². The molecule has 2 N–H and O–H groups in total. The van der Waals surface area contributed by atoms with E-state index >= 15 is 0 Å². The fraction of sp³-hybridized carbons (Fsp3) is 0.769. The average molecular weight is 251 g/mol. The molecule has 0 bridgehead atoms. The molecule has 2 aliphatic rings. The molecule has 1 aromatic rings. The first-order valence-electron chi connectivity index (χ1n) is 6.85. The lowest BCUT2D eigenvalue weighted by Gasteiger charge is -2.13. The predicted octanol–water partition coefficient (Wildman–Crippen LogP) is 0.536. The van der Waals surface area contributed by atoms with Gasteiger partial charge in [-0.25, -0.2) is 0 Å². The van der Waals surface area contributed by atoms with Crippen molar-refractivity contribution in [2.75, 3.05) is 13.1 Å². The zero-order chi connectivity index (χ0) is 12.5. The van der Waals surface area contributed by atoms with E-state index in [1.807, 2.05) is 0 Å². The van der Waals surface area contributed by atoms with E-state index in [0.29, 0.717) is 25.7 Å². The Labute approximate surface area is 107 Å². The lowest BCUT2D eigenvalue weighted by Crippen LogP contribution is -2.22. The van der Waals surface area contributed by atoms with Crippen LogP contribution in [0.15, 0.2) is 12.3 Å². The fourth-order valence-corrected chi connectivity index (χ4v) is 3.04. The van der Waals surface area contributed by atoms with Crippen molar-refractivity contribution in [3.05, 3.63) is 18.0 Å². The van der Waals surface area contributed by atoms with E-state index in [1.165, 1.54) is 25.7 Å². The van der Waals surface area contributed by atoms with Gasteiger partial charge < -0.3 is 10.2 Å². The quantitative estimate of drug-likeness (QED) is 0.823. The summed E-state index contributed by atoms with van der Waals surface area (Å²) in [4.78, 5) is 2.05. The van der Waals surface area contributed by atoms with Crippen LogP contribution < -0.4 is 0 Å². The van der Waals surface area contributed by atoms with Crippen LogP contribution in [0.2, 0.25) is 0 Å². The SMILES string of the molecule is OC1CN(Cc2ccn(C3CCCC3)n2)CC1O. The second kappa shape index (κ2) is 4.99. The van der Waals surface area contributed by atoms with Crippen molar-refractivity contribution in [2.45, 2.75) is 50.5 Å². The van der Waals surface area contributed by atoms with Gasteiger partial charge in [0.25, 0.3) is 0 Å². The van der Waals surface area contributed by atoms with Gasteiger partial charge in [0.15, 0.2) is 0 Å². The number of nitrogens with zero attached hydrogens (tertiary/aromatic N) is 3. The van der Waals surface area contributed by atoms with Gasteiger partial charge in [-0.2, -0.15) is 5.10 Å². The molecule has 5 heteroatoms. The highest BCUT2D eigenvalue weighted by atomic mass is 16.3. The Kier molecular flexibility index (Phi) is 3.37. The van der Waals surface area contributed by atoms with Crippen LogP contribution in [0.25, 0.3) is 0 Å². The standard InChI is InChI=1S/C13H21N3O2/c17-12-8-15(9-13(12)18)7-10-5-6-16(14-10)11-3-1-2-4-11/h5-6,11-13,17-18H,1-4,7-9H2. The molecular weight excluding hydrogens is 230 g/mol. The number of aromatic nitrogens is 2. The minimum absolute atomic E-state index is 0.539. The lowest BCUT2D eigenvalue weighted by molar-refractivity contribution is 0.0572. The summed E-state index contributed by atoms with van der Waals surface area (Å²) in [6, 6.07) is 2.63. The Morgan fingerprint density at radius 3 is 2.50 bits per heavy atom. The summed E-state index contributed by atoms with van der Waals surface area (Å²) in [6.45, 7) is 1.79. The van der Waals surface area contributed by atoms with Crippen LogP contribution in [0.4, 0.5) is 0 Å². The van der Waals surface area contributed by atoms with E-state index < -0.39 is 12.2 Å². The van der Waals surface area contributed by atoms with Gasteiger partial charge in [-0.15, -0.1) is 0 Å². The molecule has 2 atom stereocenters. The van der Waals surface area contributed by atoms with Crippen molar-refractivity contribution in [3.63, 3.8) is 0 Å². The highest BCUT2D eigenvalue weighted by Crippen LogP contribution is 2.28. The third-order valence-corrected chi connectivity index (χ3v) is 4.08. The minimum Gasteiger partial charge on any atom is -0.389 e. The van der Waals surface area contributed by atoms with Crippen LogP contribution in [0.5, 0.6) is 0 Å². The fourth-order valence-electron chi connectivity index (χ4n) is 3.04. The molecule has 18 heavy (non-hydrogen) atoms. The number of likely N-dealkylation sites (tertiary alicyclic amines) is 1. The summed E-state index contributed by atoms with van der Waals surface area (Å²) in [7, 11) is 0. The van der Waals surface area contributed by atoms with E-state index in [0.717, 1.165) is 5.69 Å². The molecule has 1 saturated heterocycles. The number of aliphatic hydroxyl groups is 2. The van der Waals surface area contributed by atoms with Crippen molar-refractivity contribution in [1.82, 2.24) is 14.7 Å². The Hall–Kier alpha value is -0.910. The molecule has 0 aromatic carbocycles. The first kappa shape index (κ1) is 12.1. The van der Waals surface area contributed by atoms with E-state index in [2.05, 4.69) is 26.9 Å². The normalized spacial score (nSPS) is 30.3. The Balaban J connectivity index is 1.60. The van der Waals surface area contributed by atoms with Crippen LogP contribution in [-0.4, -0.2) is 50.2 Å². The van der Waals surface area contributed by atoms with Crippen molar-refractivity contribution < 1.29 is 10.2 Å². The highest BCUT2D eigenvalue weighted by molar-refractivity contribution is 5.01. The maximum atomic E-state index is 9.51. The molecule has 1 saturated carbocycles. The van der Waals surface area contributed by atoms with E-state index in [9.17, 15) is 10.2 Å². The topological polar surface area (TPSA) is 61.5 Å².